The second-order valence-electron chi connectivity index (χ2n) is 8.87. The molecule has 0 aliphatic carbocycles. The van der Waals surface area contributed by atoms with Crippen molar-refractivity contribution >= 4 is 0 Å². The minimum Gasteiger partial charge on any atom is -0.385 e. The molecule has 1 N–H and O–H groups in total. The molecule has 2 aliphatic heterocycles. The highest BCUT2D eigenvalue weighted by Gasteiger charge is 2.48. The van der Waals surface area contributed by atoms with Crippen LogP contribution in [0.5, 0.6) is 0 Å². The van der Waals surface area contributed by atoms with Crippen LogP contribution in [0.4, 0.5) is 0 Å². The molecule has 1 aromatic heterocycles. The maximum atomic E-state index is 11.7. The Labute approximate surface area is 172 Å². The number of aromatic nitrogens is 2. The summed E-state index contributed by atoms with van der Waals surface area (Å²) in [5, 5.41) is 16.3. The maximum Gasteiger partial charge on any atom is 0.0927 e. The van der Waals surface area contributed by atoms with Crippen LogP contribution in [0.2, 0.25) is 0 Å². The van der Waals surface area contributed by atoms with E-state index < -0.39 is 5.60 Å². The SMILES string of the molecule is Cc1cc(C)n(-c2cccc(C3(O)CC4CCC(C3)N4Cc3ccccc3)c2)n1. The Morgan fingerprint density at radius 3 is 2.34 bits per heavy atom. The molecule has 4 nitrogen and oxygen atoms in total. The molecule has 29 heavy (non-hydrogen) atoms. The van der Waals surface area contributed by atoms with E-state index in [2.05, 4.69) is 77.6 Å². The monoisotopic (exact) mass is 387 g/mol. The van der Waals surface area contributed by atoms with Crippen molar-refractivity contribution in [1.29, 1.82) is 0 Å². The smallest absolute Gasteiger partial charge is 0.0927 e. The van der Waals surface area contributed by atoms with Gasteiger partial charge in [0.1, 0.15) is 0 Å². The van der Waals surface area contributed by atoms with E-state index in [-0.39, 0.29) is 0 Å². The van der Waals surface area contributed by atoms with Crippen LogP contribution in [0.1, 0.15) is 48.2 Å². The molecule has 2 fully saturated rings. The van der Waals surface area contributed by atoms with Crippen molar-refractivity contribution in [3.05, 3.63) is 83.2 Å². The Morgan fingerprint density at radius 1 is 0.966 bits per heavy atom. The summed E-state index contributed by atoms with van der Waals surface area (Å²) in [6, 6.07) is 22.0. The summed E-state index contributed by atoms with van der Waals surface area (Å²) >= 11 is 0. The van der Waals surface area contributed by atoms with Gasteiger partial charge in [-0.3, -0.25) is 4.90 Å². The average molecular weight is 388 g/mol. The van der Waals surface area contributed by atoms with Crippen LogP contribution in [-0.4, -0.2) is 31.9 Å². The van der Waals surface area contributed by atoms with Gasteiger partial charge in [-0.1, -0.05) is 42.5 Å². The number of nitrogens with zero attached hydrogens (tertiary/aromatic N) is 3. The standard InChI is InChI=1S/C25H29N3O/c1-18-13-19(2)28(26-18)22-10-6-9-21(14-22)25(29)15-23-11-12-24(16-25)27(23)17-20-7-4-3-5-8-20/h3-10,13-14,23-24,29H,11-12,15-17H2,1-2H3. The van der Waals surface area contributed by atoms with E-state index >= 15 is 0 Å². The molecule has 3 heterocycles. The summed E-state index contributed by atoms with van der Waals surface area (Å²) in [5.74, 6) is 0. The Balaban J connectivity index is 1.40. The van der Waals surface area contributed by atoms with Crippen molar-refractivity contribution < 1.29 is 5.11 Å². The molecule has 2 unspecified atom stereocenters. The van der Waals surface area contributed by atoms with Gasteiger partial charge in [-0.25, -0.2) is 4.68 Å². The highest BCUT2D eigenvalue weighted by atomic mass is 16.3. The minimum absolute atomic E-state index is 0.441. The average Bonchev–Trinajstić information content (AvgIpc) is 3.18. The van der Waals surface area contributed by atoms with Crippen LogP contribution in [0.3, 0.4) is 0 Å². The van der Waals surface area contributed by atoms with Crippen LogP contribution >= 0.6 is 0 Å². The van der Waals surface area contributed by atoms with Gasteiger partial charge in [0.25, 0.3) is 0 Å². The van der Waals surface area contributed by atoms with Crippen molar-refractivity contribution in [2.75, 3.05) is 0 Å². The first-order chi connectivity index (χ1) is 14.0. The Hall–Kier alpha value is -2.43. The topological polar surface area (TPSA) is 41.3 Å². The van der Waals surface area contributed by atoms with Crippen LogP contribution in [0.15, 0.2) is 60.7 Å². The molecule has 0 amide bonds. The second kappa shape index (κ2) is 7.12. The van der Waals surface area contributed by atoms with E-state index in [1.54, 1.807) is 0 Å². The number of benzene rings is 2. The molecule has 0 radical (unpaired) electrons. The lowest BCUT2D eigenvalue weighted by atomic mass is 9.80. The van der Waals surface area contributed by atoms with Gasteiger partial charge in [0.2, 0.25) is 0 Å². The first-order valence-corrected chi connectivity index (χ1v) is 10.7. The third-order valence-electron chi connectivity index (χ3n) is 6.76. The van der Waals surface area contributed by atoms with Crippen molar-refractivity contribution in [3.8, 4) is 5.69 Å². The summed E-state index contributed by atoms with van der Waals surface area (Å²) in [4.78, 5) is 2.62. The zero-order chi connectivity index (χ0) is 20.0. The largest absolute Gasteiger partial charge is 0.385 e. The molecule has 2 aliphatic rings. The predicted octanol–water partition coefficient (Wildman–Crippen LogP) is 4.50. The zero-order valence-corrected chi connectivity index (χ0v) is 17.3. The summed E-state index contributed by atoms with van der Waals surface area (Å²) in [7, 11) is 0. The van der Waals surface area contributed by atoms with Gasteiger partial charge in [-0.05, 0) is 68.9 Å². The number of hydrogen-bond donors (Lipinski definition) is 1. The van der Waals surface area contributed by atoms with E-state index in [1.807, 2.05) is 11.6 Å². The molecule has 2 aromatic carbocycles. The van der Waals surface area contributed by atoms with E-state index in [1.165, 1.54) is 18.4 Å². The van der Waals surface area contributed by atoms with Crippen molar-refractivity contribution in [2.24, 2.45) is 0 Å². The summed E-state index contributed by atoms with van der Waals surface area (Å²) in [6.07, 6.45) is 3.96. The Bertz CT molecular complexity index is 996. The predicted molar refractivity (Wildman–Crippen MR) is 115 cm³/mol. The van der Waals surface area contributed by atoms with E-state index in [4.69, 9.17) is 0 Å². The summed E-state index contributed by atoms with van der Waals surface area (Å²) < 4.78 is 1.97. The third-order valence-corrected chi connectivity index (χ3v) is 6.76. The molecular formula is C25H29N3O. The van der Waals surface area contributed by atoms with Crippen molar-refractivity contribution in [1.82, 2.24) is 14.7 Å². The van der Waals surface area contributed by atoms with Gasteiger partial charge in [-0.15, -0.1) is 0 Å². The van der Waals surface area contributed by atoms with Crippen LogP contribution in [-0.2, 0) is 12.1 Å². The van der Waals surface area contributed by atoms with Crippen LogP contribution in [0, 0.1) is 13.8 Å². The van der Waals surface area contributed by atoms with E-state index in [9.17, 15) is 5.11 Å². The molecule has 150 valence electrons. The Kier molecular flexibility index (Phi) is 4.56. The highest BCUT2D eigenvalue weighted by Crippen LogP contribution is 2.46. The lowest BCUT2D eigenvalue weighted by Gasteiger charge is -2.44. The number of piperidine rings is 1. The molecule has 2 atom stereocenters. The molecule has 0 spiro atoms. The van der Waals surface area contributed by atoms with E-state index in [0.29, 0.717) is 12.1 Å². The van der Waals surface area contributed by atoms with Gasteiger partial charge in [-0.2, -0.15) is 5.10 Å². The van der Waals surface area contributed by atoms with Gasteiger partial charge in [0, 0.05) is 24.3 Å². The summed E-state index contributed by atoms with van der Waals surface area (Å²) in [6.45, 7) is 5.07. The molecule has 5 rings (SSSR count). The molecule has 3 aromatic rings. The normalized spacial score (nSPS) is 26.7. The van der Waals surface area contributed by atoms with Gasteiger partial charge in [0.15, 0.2) is 0 Å². The first-order valence-electron chi connectivity index (χ1n) is 10.7. The van der Waals surface area contributed by atoms with Crippen molar-refractivity contribution in [2.45, 2.75) is 63.8 Å². The molecule has 0 saturated carbocycles. The number of aryl methyl sites for hydroxylation is 2. The number of aliphatic hydroxyl groups is 1. The maximum absolute atomic E-state index is 11.7. The fourth-order valence-corrected chi connectivity index (χ4v) is 5.42. The van der Waals surface area contributed by atoms with Crippen LogP contribution in [0.25, 0.3) is 5.69 Å². The van der Waals surface area contributed by atoms with E-state index in [0.717, 1.165) is 42.0 Å². The summed E-state index contributed by atoms with van der Waals surface area (Å²) in [5.41, 5.74) is 4.79. The highest BCUT2D eigenvalue weighted by molar-refractivity contribution is 5.40. The molecule has 4 heteroatoms. The third kappa shape index (κ3) is 3.41. The van der Waals surface area contributed by atoms with Gasteiger partial charge < -0.3 is 5.11 Å². The lowest BCUT2D eigenvalue weighted by Crippen LogP contribution is -2.49. The first kappa shape index (κ1) is 18.6. The van der Waals surface area contributed by atoms with Crippen molar-refractivity contribution in [3.63, 3.8) is 0 Å². The van der Waals surface area contributed by atoms with Gasteiger partial charge in [0.05, 0.1) is 17.0 Å². The zero-order valence-electron chi connectivity index (χ0n) is 17.3. The number of rotatable bonds is 4. The number of fused-ring (bicyclic) bond motifs is 2. The fraction of sp³-hybridized carbons (Fsp3) is 0.400. The molecule has 2 bridgehead atoms. The lowest BCUT2D eigenvalue weighted by molar-refractivity contribution is -0.0595. The Morgan fingerprint density at radius 2 is 1.69 bits per heavy atom. The van der Waals surface area contributed by atoms with Crippen LogP contribution < -0.4 is 0 Å². The van der Waals surface area contributed by atoms with Gasteiger partial charge >= 0.3 is 0 Å². The quantitative estimate of drug-likeness (QED) is 0.716. The fourth-order valence-electron chi connectivity index (χ4n) is 5.42. The number of hydrogen-bond acceptors (Lipinski definition) is 3. The second-order valence-corrected chi connectivity index (χ2v) is 8.87. The molecular weight excluding hydrogens is 358 g/mol. The minimum atomic E-state index is -0.759. The molecule has 2 saturated heterocycles.